The Kier molecular flexibility index (Phi) is 3.81. The summed E-state index contributed by atoms with van der Waals surface area (Å²) in [6.07, 6.45) is 2.64. The molecule has 100 valence electrons. The molecule has 1 aliphatic rings. The second kappa shape index (κ2) is 5.19. The van der Waals surface area contributed by atoms with Gasteiger partial charge < -0.3 is 15.2 Å². The van der Waals surface area contributed by atoms with Gasteiger partial charge in [-0.05, 0) is 30.2 Å². The van der Waals surface area contributed by atoms with Gasteiger partial charge in [-0.1, -0.05) is 26.0 Å². The van der Waals surface area contributed by atoms with Crippen LogP contribution in [0.1, 0.15) is 32.3 Å². The zero-order valence-electron chi connectivity index (χ0n) is 11.5. The Morgan fingerprint density at radius 3 is 2.67 bits per heavy atom. The minimum absolute atomic E-state index is 0.252. The molecule has 0 amide bonds. The van der Waals surface area contributed by atoms with Gasteiger partial charge in [0.2, 0.25) is 0 Å². The number of nitrogens with one attached hydrogen (secondary N) is 1. The van der Waals surface area contributed by atoms with E-state index in [0.717, 1.165) is 18.0 Å². The highest BCUT2D eigenvalue weighted by molar-refractivity contribution is 5.45. The molecule has 2 rings (SSSR count). The van der Waals surface area contributed by atoms with Crippen LogP contribution in [0.25, 0.3) is 0 Å². The molecule has 1 fully saturated rings. The molecule has 1 aromatic carbocycles. The Balaban J connectivity index is 1.91. The number of phenolic OH excluding ortho intramolecular Hbond substituents is 1. The molecule has 0 saturated heterocycles. The van der Waals surface area contributed by atoms with Crippen molar-refractivity contribution in [1.29, 1.82) is 0 Å². The first kappa shape index (κ1) is 13.2. The molecular weight excluding hydrogens is 226 g/mol. The third-order valence-corrected chi connectivity index (χ3v) is 4.21. The summed E-state index contributed by atoms with van der Waals surface area (Å²) in [5.41, 5.74) is 1.39. The van der Waals surface area contributed by atoms with Crippen LogP contribution in [-0.4, -0.2) is 18.8 Å². The van der Waals surface area contributed by atoms with Crippen molar-refractivity contribution in [3.63, 3.8) is 0 Å². The number of rotatable bonds is 6. The topological polar surface area (TPSA) is 41.5 Å². The van der Waals surface area contributed by atoms with Crippen LogP contribution in [0.5, 0.6) is 11.5 Å². The monoisotopic (exact) mass is 249 g/mol. The van der Waals surface area contributed by atoms with Crippen LogP contribution < -0.4 is 10.1 Å². The number of aromatic hydroxyl groups is 1. The van der Waals surface area contributed by atoms with Crippen molar-refractivity contribution in [2.45, 2.75) is 33.2 Å². The first-order chi connectivity index (χ1) is 8.59. The molecule has 0 aromatic heterocycles. The van der Waals surface area contributed by atoms with Gasteiger partial charge in [0, 0.05) is 18.7 Å². The normalized spacial score (nSPS) is 16.9. The largest absolute Gasteiger partial charge is 0.504 e. The molecule has 0 aliphatic heterocycles. The number of hydrogen-bond donors (Lipinski definition) is 2. The molecule has 0 radical (unpaired) electrons. The third kappa shape index (κ3) is 2.61. The summed E-state index contributed by atoms with van der Waals surface area (Å²) in [6, 6.07) is 5.61. The maximum absolute atomic E-state index is 9.98. The van der Waals surface area contributed by atoms with Gasteiger partial charge in [0.25, 0.3) is 0 Å². The number of ether oxygens (including phenoxy) is 1. The van der Waals surface area contributed by atoms with Crippen molar-refractivity contribution in [2.75, 3.05) is 13.7 Å². The fourth-order valence-corrected chi connectivity index (χ4v) is 2.44. The fourth-order valence-electron chi connectivity index (χ4n) is 2.44. The van der Waals surface area contributed by atoms with Gasteiger partial charge in [-0.3, -0.25) is 0 Å². The summed E-state index contributed by atoms with van der Waals surface area (Å²) in [4.78, 5) is 0. The molecular formula is C15H23NO2. The molecule has 1 saturated carbocycles. The van der Waals surface area contributed by atoms with Crippen LogP contribution >= 0.6 is 0 Å². The highest BCUT2D eigenvalue weighted by atomic mass is 16.5. The summed E-state index contributed by atoms with van der Waals surface area (Å²) < 4.78 is 5.11. The predicted molar refractivity (Wildman–Crippen MR) is 72.9 cm³/mol. The van der Waals surface area contributed by atoms with Crippen molar-refractivity contribution >= 4 is 0 Å². The number of methoxy groups -OCH3 is 1. The van der Waals surface area contributed by atoms with Crippen LogP contribution in [0.4, 0.5) is 0 Å². The van der Waals surface area contributed by atoms with Gasteiger partial charge in [0.1, 0.15) is 0 Å². The van der Waals surface area contributed by atoms with Crippen LogP contribution in [0.15, 0.2) is 18.2 Å². The van der Waals surface area contributed by atoms with E-state index in [0.29, 0.717) is 17.7 Å². The Bertz CT molecular complexity index is 411. The average Bonchev–Trinajstić information content (AvgIpc) is 3.12. The van der Waals surface area contributed by atoms with E-state index in [9.17, 15) is 5.11 Å². The predicted octanol–water partition coefficient (Wildman–Crippen LogP) is 2.93. The van der Waals surface area contributed by atoms with E-state index in [2.05, 4.69) is 19.2 Å². The standard InChI is InChI=1S/C15H23NO2/c1-11(2)15(7-8-15)10-16-9-12-5-4-6-13(18-3)14(12)17/h4-6,11,16-17H,7-10H2,1-3H3. The molecule has 1 aliphatic carbocycles. The lowest BCUT2D eigenvalue weighted by atomic mass is 9.92. The molecule has 18 heavy (non-hydrogen) atoms. The Morgan fingerprint density at radius 2 is 2.11 bits per heavy atom. The maximum atomic E-state index is 9.98. The van der Waals surface area contributed by atoms with Gasteiger partial charge in [-0.15, -0.1) is 0 Å². The third-order valence-electron chi connectivity index (χ3n) is 4.21. The average molecular weight is 249 g/mol. The number of para-hydroxylation sites is 1. The van der Waals surface area contributed by atoms with Crippen LogP contribution in [0.2, 0.25) is 0 Å². The van der Waals surface area contributed by atoms with Gasteiger partial charge in [-0.25, -0.2) is 0 Å². The van der Waals surface area contributed by atoms with E-state index in [1.54, 1.807) is 13.2 Å². The minimum atomic E-state index is 0.252. The van der Waals surface area contributed by atoms with Gasteiger partial charge >= 0.3 is 0 Å². The molecule has 0 bridgehead atoms. The Morgan fingerprint density at radius 1 is 1.39 bits per heavy atom. The molecule has 0 spiro atoms. The smallest absolute Gasteiger partial charge is 0.162 e. The second-order valence-corrected chi connectivity index (χ2v) is 5.59. The van der Waals surface area contributed by atoms with E-state index in [1.165, 1.54) is 12.8 Å². The van der Waals surface area contributed by atoms with Crippen molar-refractivity contribution in [3.8, 4) is 11.5 Å². The first-order valence-electron chi connectivity index (χ1n) is 6.64. The van der Waals surface area contributed by atoms with Crippen LogP contribution in [0.3, 0.4) is 0 Å². The Hall–Kier alpha value is -1.22. The maximum Gasteiger partial charge on any atom is 0.162 e. The first-order valence-corrected chi connectivity index (χ1v) is 6.64. The molecule has 3 nitrogen and oxygen atoms in total. The van der Waals surface area contributed by atoms with E-state index in [1.807, 2.05) is 12.1 Å². The summed E-state index contributed by atoms with van der Waals surface area (Å²) in [7, 11) is 1.57. The molecule has 0 atom stereocenters. The highest BCUT2D eigenvalue weighted by Crippen LogP contribution is 2.51. The molecule has 3 heteroatoms. The van der Waals surface area contributed by atoms with E-state index in [-0.39, 0.29) is 5.75 Å². The molecule has 1 aromatic rings. The SMILES string of the molecule is COc1cccc(CNCC2(C(C)C)CC2)c1O. The lowest BCUT2D eigenvalue weighted by Gasteiger charge is -2.20. The Labute approximate surface area is 109 Å². The minimum Gasteiger partial charge on any atom is -0.504 e. The number of hydrogen-bond acceptors (Lipinski definition) is 3. The summed E-state index contributed by atoms with van der Waals surface area (Å²) in [5.74, 6) is 1.52. The van der Waals surface area contributed by atoms with Crippen molar-refractivity contribution in [2.24, 2.45) is 11.3 Å². The molecule has 0 unspecified atom stereocenters. The summed E-state index contributed by atoms with van der Waals surface area (Å²) >= 11 is 0. The van der Waals surface area contributed by atoms with Crippen molar-refractivity contribution < 1.29 is 9.84 Å². The van der Waals surface area contributed by atoms with Gasteiger partial charge in [0.05, 0.1) is 7.11 Å². The van der Waals surface area contributed by atoms with E-state index >= 15 is 0 Å². The van der Waals surface area contributed by atoms with E-state index < -0.39 is 0 Å². The number of phenols is 1. The summed E-state index contributed by atoms with van der Waals surface area (Å²) in [6.45, 7) is 6.30. The quantitative estimate of drug-likeness (QED) is 0.814. The van der Waals surface area contributed by atoms with E-state index in [4.69, 9.17) is 4.74 Å². The van der Waals surface area contributed by atoms with Crippen molar-refractivity contribution in [1.82, 2.24) is 5.32 Å². The lowest BCUT2D eigenvalue weighted by molar-refractivity contribution is 0.334. The van der Waals surface area contributed by atoms with Crippen LogP contribution in [0, 0.1) is 11.3 Å². The highest BCUT2D eigenvalue weighted by Gasteiger charge is 2.44. The molecule has 2 N–H and O–H groups in total. The fraction of sp³-hybridized carbons (Fsp3) is 0.600. The second-order valence-electron chi connectivity index (χ2n) is 5.59. The summed E-state index contributed by atoms with van der Waals surface area (Å²) in [5, 5.41) is 13.4. The zero-order valence-corrected chi connectivity index (χ0v) is 11.5. The van der Waals surface area contributed by atoms with Gasteiger partial charge in [-0.2, -0.15) is 0 Å². The van der Waals surface area contributed by atoms with Gasteiger partial charge in [0.15, 0.2) is 11.5 Å². The van der Waals surface area contributed by atoms with Crippen molar-refractivity contribution in [3.05, 3.63) is 23.8 Å². The van der Waals surface area contributed by atoms with Crippen LogP contribution in [-0.2, 0) is 6.54 Å². The lowest BCUT2D eigenvalue weighted by Crippen LogP contribution is -2.27. The molecule has 0 heterocycles. The number of benzene rings is 1. The zero-order chi connectivity index (χ0) is 13.2.